The highest BCUT2D eigenvalue weighted by atomic mass is 35.5. The molecular formula is C18H20Cl2N4O. The number of unbranched alkanes of at least 4 members (excludes halogenated alkanes) is 1. The van der Waals surface area contributed by atoms with Crippen LogP contribution >= 0.6 is 23.2 Å². The molecule has 0 atom stereocenters. The van der Waals surface area contributed by atoms with Gasteiger partial charge in [0.1, 0.15) is 5.69 Å². The third-order valence-electron chi connectivity index (χ3n) is 3.79. The maximum Gasteiger partial charge on any atom is 0.156 e. The zero-order valence-electron chi connectivity index (χ0n) is 14.2. The Kier molecular flexibility index (Phi) is 5.78. The Morgan fingerprint density at radius 1 is 1.08 bits per heavy atom. The summed E-state index contributed by atoms with van der Waals surface area (Å²) in [7, 11) is 4.15. The first-order valence-electron chi connectivity index (χ1n) is 8.14. The summed E-state index contributed by atoms with van der Waals surface area (Å²) < 4.78 is 5.51. The molecule has 0 aliphatic carbocycles. The molecule has 0 amide bonds. The summed E-state index contributed by atoms with van der Waals surface area (Å²) in [6.07, 6.45) is 3.77. The van der Waals surface area contributed by atoms with Crippen LogP contribution in [-0.4, -0.2) is 42.1 Å². The van der Waals surface area contributed by atoms with E-state index in [4.69, 9.17) is 27.6 Å². The zero-order valence-corrected chi connectivity index (χ0v) is 15.7. The normalized spacial score (nSPS) is 11.4. The molecule has 0 saturated carbocycles. The number of hydrogen-bond acceptors (Lipinski definition) is 5. The number of hydrogen-bond donors (Lipinski definition) is 1. The molecule has 3 rings (SSSR count). The SMILES string of the molecule is CN(C)CCCCNc1nc2cc(Cl)c(Cl)cc2nc1-c1ccco1. The Hall–Kier alpha value is -1.82. The van der Waals surface area contributed by atoms with Crippen LogP contribution in [0.25, 0.3) is 22.5 Å². The molecule has 0 aliphatic heterocycles. The average molecular weight is 379 g/mol. The molecule has 3 aromatic rings. The van der Waals surface area contributed by atoms with Gasteiger partial charge >= 0.3 is 0 Å². The maximum atomic E-state index is 6.11. The monoisotopic (exact) mass is 378 g/mol. The first-order chi connectivity index (χ1) is 12.0. The van der Waals surface area contributed by atoms with Crippen molar-refractivity contribution in [1.82, 2.24) is 14.9 Å². The van der Waals surface area contributed by atoms with Gasteiger partial charge in [0.05, 0.1) is 27.3 Å². The summed E-state index contributed by atoms with van der Waals surface area (Å²) in [6.45, 7) is 1.87. The maximum absolute atomic E-state index is 6.11. The van der Waals surface area contributed by atoms with Gasteiger partial charge < -0.3 is 14.6 Å². The number of rotatable bonds is 7. The highest BCUT2D eigenvalue weighted by Crippen LogP contribution is 2.31. The molecule has 25 heavy (non-hydrogen) atoms. The minimum absolute atomic E-state index is 0.457. The van der Waals surface area contributed by atoms with Crippen molar-refractivity contribution < 1.29 is 4.42 Å². The largest absolute Gasteiger partial charge is 0.463 e. The molecule has 2 heterocycles. The van der Waals surface area contributed by atoms with Gasteiger partial charge in [0.2, 0.25) is 0 Å². The molecule has 132 valence electrons. The molecule has 0 aliphatic rings. The van der Waals surface area contributed by atoms with E-state index in [2.05, 4.69) is 34.3 Å². The van der Waals surface area contributed by atoms with Gasteiger partial charge in [-0.25, -0.2) is 9.97 Å². The minimum atomic E-state index is 0.457. The Labute approximate surface area is 157 Å². The Morgan fingerprint density at radius 3 is 2.44 bits per heavy atom. The number of aromatic nitrogens is 2. The van der Waals surface area contributed by atoms with Crippen molar-refractivity contribution in [1.29, 1.82) is 0 Å². The van der Waals surface area contributed by atoms with Crippen molar-refractivity contribution in [3.8, 4) is 11.5 Å². The second kappa shape index (κ2) is 8.04. The number of fused-ring (bicyclic) bond motifs is 1. The predicted molar refractivity (Wildman–Crippen MR) is 104 cm³/mol. The first-order valence-corrected chi connectivity index (χ1v) is 8.89. The number of nitrogens with zero attached hydrogens (tertiary/aromatic N) is 3. The van der Waals surface area contributed by atoms with Gasteiger partial charge in [-0.3, -0.25) is 0 Å². The molecule has 2 aromatic heterocycles. The molecule has 0 spiro atoms. The Bertz CT molecular complexity index is 850. The van der Waals surface area contributed by atoms with Gasteiger partial charge in [-0.15, -0.1) is 0 Å². The quantitative estimate of drug-likeness (QED) is 0.589. The molecule has 0 saturated heterocycles. The standard InChI is InChI=1S/C18H20Cl2N4O/c1-24(2)8-4-3-7-21-18-17(16-6-5-9-25-16)22-14-10-12(19)13(20)11-15(14)23-18/h5-6,9-11H,3-4,7-8H2,1-2H3,(H,21,23). The lowest BCUT2D eigenvalue weighted by Crippen LogP contribution is -2.14. The molecule has 1 aromatic carbocycles. The van der Waals surface area contributed by atoms with Crippen molar-refractivity contribution in [3.63, 3.8) is 0 Å². The molecule has 0 fully saturated rings. The third kappa shape index (κ3) is 4.42. The summed E-state index contributed by atoms with van der Waals surface area (Å²) in [5.74, 6) is 1.35. The fraction of sp³-hybridized carbons (Fsp3) is 0.333. The van der Waals surface area contributed by atoms with Crippen molar-refractivity contribution in [2.75, 3.05) is 32.5 Å². The number of benzene rings is 1. The van der Waals surface area contributed by atoms with E-state index in [0.29, 0.717) is 38.4 Å². The Balaban J connectivity index is 1.88. The lowest BCUT2D eigenvalue weighted by molar-refractivity contribution is 0.396. The molecule has 7 heteroatoms. The van der Waals surface area contributed by atoms with Crippen LogP contribution in [0.4, 0.5) is 5.82 Å². The second-order valence-corrected chi connectivity index (χ2v) is 6.90. The van der Waals surface area contributed by atoms with Crippen molar-refractivity contribution in [3.05, 3.63) is 40.6 Å². The third-order valence-corrected chi connectivity index (χ3v) is 4.51. The van der Waals surface area contributed by atoms with E-state index in [1.165, 1.54) is 0 Å². The van der Waals surface area contributed by atoms with Crippen LogP contribution in [0.5, 0.6) is 0 Å². The topological polar surface area (TPSA) is 54.2 Å². The van der Waals surface area contributed by atoms with Gasteiger partial charge in [-0.05, 0) is 57.7 Å². The van der Waals surface area contributed by atoms with E-state index in [-0.39, 0.29) is 0 Å². The van der Waals surface area contributed by atoms with E-state index >= 15 is 0 Å². The van der Waals surface area contributed by atoms with E-state index in [1.807, 2.05) is 12.1 Å². The lowest BCUT2D eigenvalue weighted by atomic mass is 10.2. The lowest BCUT2D eigenvalue weighted by Gasteiger charge is -2.12. The fourth-order valence-corrected chi connectivity index (χ4v) is 2.84. The number of halogens is 2. The molecule has 1 N–H and O–H groups in total. The highest BCUT2D eigenvalue weighted by molar-refractivity contribution is 6.42. The molecule has 5 nitrogen and oxygen atoms in total. The van der Waals surface area contributed by atoms with Crippen LogP contribution in [0, 0.1) is 0 Å². The van der Waals surface area contributed by atoms with E-state index in [9.17, 15) is 0 Å². The van der Waals surface area contributed by atoms with Gasteiger partial charge in [-0.1, -0.05) is 23.2 Å². The first kappa shape index (κ1) is 18.0. The molecule has 0 radical (unpaired) electrons. The minimum Gasteiger partial charge on any atom is -0.463 e. The van der Waals surface area contributed by atoms with E-state index in [1.54, 1.807) is 18.4 Å². The molecule has 0 bridgehead atoms. The number of furan rings is 1. The molecule has 0 unspecified atom stereocenters. The van der Waals surface area contributed by atoms with E-state index < -0.39 is 0 Å². The number of nitrogens with one attached hydrogen (secondary N) is 1. The Morgan fingerprint density at radius 2 is 1.80 bits per heavy atom. The van der Waals surface area contributed by atoms with Crippen molar-refractivity contribution in [2.45, 2.75) is 12.8 Å². The van der Waals surface area contributed by atoms with Crippen molar-refractivity contribution in [2.24, 2.45) is 0 Å². The van der Waals surface area contributed by atoms with Gasteiger partial charge in [0.15, 0.2) is 11.6 Å². The summed E-state index contributed by atoms with van der Waals surface area (Å²) in [5.41, 5.74) is 2.04. The zero-order chi connectivity index (χ0) is 17.8. The van der Waals surface area contributed by atoms with E-state index in [0.717, 1.165) is 25.9 Å². The average Bonchev–Trinajstić information content (AvgIpc) is 3.09. The van der Waals surface area contributed by atoms with Gasteiger partial charge in [0, 0.05) is 6.54 Å². The van der Waals surface area contributed by atoms with Crippen LogP contribution in [0.2, 0.25) is 10.0 Å². The van der Waals surface area contributed by atoms with Gasteiger partial charge in [-0.2, -0.15) is 0 Å². The predicted octanol–water partition coefficient (Wildman–Crippen LogP) is 4.95. The molecular weight excluding hydrogens is 359 g/mol. The van der Waals surface area contributed by atoms with Crippen LogP contribution < -0.4 is 5.32 Å². The summed E-state index contributed by atoms with van der Waals surface area (Å²) in [4.78, 5) is 11.5. The van der Waals surface area contributed by atoms with Gasteiger partial charge in [0.25, 0.3) is 0 Å². The summed E-state index contributed by atoms with van der Waals surface area (Å²) >= 11 is 12.2. The number of anilines is 1. The van der Waals surface area contributed by atoms with Crippen molar-refractivity contribution >= 4 is 40.1 Å². The van der Waals surface area contributed by atoms with Crippen LogP contribution in [-0.2, 0) is 0 Å². The second-order valence-electron chi connectivity index (χ2n) is 6.09. The fourth-order valence-electron chi connectivity index (χ4n) is 2.52. The van der Waals surface area contributed by atoms with Crippen LogP contribution in [0.3, 0.4) is 0 Å². The summed E-state index contributed by atoms with van der Waals surface area (Å²) in [6, 6.07) is 7.15. The highest BCUT2D eigenvalue weighted by Gasteiger charge is 2.14. The summed E-state index contributed by atoms with van der Waals surface area (Å²) in [5, 5.41) is 4.29. The van der Waals surface area contributed by atoms with Crippen LogP contribution in [0.15, 0.2) is 34.9 Å². The smallest absolute Gasteiger partial charge is 0.156 e. The van der Waals surface area contributed by atoms with Crippen LogP contribution in [0.1, 0.15) is 12.8 Å².